The van der Waals surface area contributed by atoms with E-state index in [0.717, 1.165) is 57.0 Å². The molecule has 5 nitrogen and oxygen atoms in total. The molecule has 0 aromatic heterocycles. The maximum atomic E-state index is 12.8. The van der Waals surface area contributed by atoms with Crippen LogP contribution in [-0.4, -0.2) is 56.7 Å². The smallest absolute Gasteiger partial charge is 0.242 e. The van der Waals surface area contributed by atoms with Gasteiger partial charge < -0.3 is 19.9 Å². The maximum Gasteiger partial charge on any atom is 0.242 e. The molecule has 0 radical (unpaired) electrons. The normalized spacial score (nSPS) is 22.4. The van der Waals surface area contributed by atoms with Gasteiger partial charge in [-0.3, -0.25) is 4.79 Å². The molecule has 1 aromatic carbocycles. The van der Waals surface area contributed by atoms with Crippen LogP contribution in [0.15, 0.2) is 18.2 Å². The predicted octanol–water partition coefficient (Wildman–Crippen LogP) is 2.14. The Labute approximate surface area is 147 Å². The minimum absolute atomic E-state index is 0.212. The molecule has 0 saturated carbocycles. The third-order valence-electron chi connectivity index (χ3n) is 5.72. The number of nitrogens with zero attached hydrogens (tertiary/aromatic N) is 2. The zero-order chi connectivity index (χ0) is 16.6. The monoisotopic (exact) mass is 349 g/mol. The van der Waals surface area contributed by atoms with Gasteiger partial charge in [0.1, 0.15) is 12.4 Å². The van der Waals surface area contributed by atoms with Crippen LogP contribution in [0.1, 0.15) is 19.3 Å². The van der Waals surface area contributed by atoms with E-state index >= 15 is 0 Å². The number of hydrogen-bond acceptors (Lipinski definition) is 4. The Morgan fingerprint density at radius 1 is 1.25 bits per heavy atom. The fraction of sp³-hybridized carbons (Fsp3) is 0.611. The van der Waals surface area contributed by atoms with Crippen LogP contribution >= 0.6 is 11.6 Å². The van der Waals surface area contributed by atoms with Crippen molar-refractivity contribution in [2.45, 2.75) is 19.3 Å². The van der Waals surface area contributed by atoms with Crippen molar-refractivity contribution in [1.29, 1.82) is 0 Å². The Hall–Kier alpha value is -1.46. The van der Waals surface area contributed by atoms with E-state index in [1.54, 1.807) is 0 Å². The average Bonchev–Trinajstić information content (AvgIpc) is 3.04. The van der Waals surface area contributed by atoms with E-state index in [0.29, 0.717) is 23.6 Å². The van der Waals surface area contributed by atoms with Crippen LogP contribution < -0.4 is 15.0 Å². The van der Waals surface area contributed by atoms with E-state index in [1.165, 1.54) is 6.42 Å². The molecule has 130 valence electrons. The van der Waals surface area contributed by atoms with Crippen molar-refractivity contribution in [3.8, 4) is 5.75 Å². The summed E-state index contributed by atoms with van der Waals surface area (Å²) in [7, 11) is 0. The highest BCUT2D eigenvalue weighted by Crippen LogP contribution is 2.37. The third-order valence-corrected chi connectivity index (χ3v) is 5.95. The highest BCUT2D eigenvalue weighted by molar-refractivity contribution is 6.31. The van der Waals surface area contributed by atoms with Crippen molar-refractivity contribution in [2.75, 3.05) is 50.8 Å². The lowest BCUT2D eigenvalue weighted by molar-refractivity contribution is -0.131. The number of halogens is 1. The van der Waals surface area contributed by atoms with Crippen molar-refractivity contribution >= 4 is 23.2 Å². The number of fused-ring (bicyclic) bond motifs is 1. The number of ether oxygens (including phenoxy) is 1. The Kier molecular flexibility index (Phi) is 4.31. The summed E-state index contributed by atoms with van der Waals surface area (Å²) in [5, 5.41) is 4.14. The van der Waals surface area contributed by atoms with Crippen molar-refractivity contribution in [3.63, 3.8) is 0 Å². The van der Waals surface area contributed by atoms with E-state index in [9.17, 15) is 4.79 Å². The second-order valence-corrected chi connectivity index (χ2v) is 7.63. The molecule has 3 aliphatic heterocycles. The van der Waals surface area contributed by atoms with Crippen LogP contribution in [0.4, 0.5) is 5.69 Å². The number of rotatable bonds is 2. The second kappa shape index (κ2) is 6.45. The fourth-order valence-corrected chi connectivity index (χ4v) is 4.29. The molecule has 0 unspecified atom stereocenters. The third kappa shape index (κ3) is 3.07. The molecule has 1 spiro atoms. The van der Waals surface area contributed by atoms with Gasteiger partial charge in [0.2, 0.25) is 5.91 Å². The Morgan fingerprint density at radius 2 is 2.08 bits per heavy atom. The summed E-state index contributed by atoms with van der Waals surface area (Å²) in [4.78, 5) is 16.9. The van der Waals surface area contributed by atoms with Crippen molar-refractivity contribution in [1.82, 2.24) is 10.2 Å². The van der Waals surface area contributed by atoms with E-state index in [-0.39, 0.29) is 5.91 Å². The molecule has 0 atom stereocenters. The zero-order valence-corrected chi connectivity index (χ0v) is 14.6. The van der Waals surface area contributed by atoms with Crippen LogP contribution in [0, 0.1) is 5.41 Å². The molecular formula is C18H24ClN3O2. The maximum absolute atomic E-state index is 12.8. The first-order chi connectivity index (χ1) is 11.7. The molecule has 4 rings (SSSR count). The number of piperidine rings is 1. The number of carbonyl (C=O) groups excluding carboxylic acids is 1. The van der Waals surface area contributed by atoms with Crippen LogP contribution in [-0.2, 0) is 4.79 Å². The van der Waals surface area contributed by atoms with Crippen molar-refractivity contribution in [3.05, 3.63) is 23.2 Å². The molecule has 1 amide bonds. The lowest BCUT2D eigenvalue weighted by Crippen LogP contribution is -2.48. The summed E-state index contributed by atoms with van der Waals surface area (Å²) < 4.78 is 5.67. The molecular weight excluding hydrogens is 326 g/mol. The minimum Gasteiger partial charge on any atom is -0.490 e. The zero-order valence-electron chi connectivity index (χ0n) is 13.9. The molecule has 1 aromatic rings. The number of nitrogens with one attached hydrogen (secondary N) is 1. The second-order valence-electron chi connectivity index (χ2n) is 7.19. The average molecular weight is 350 g/mol. The SMILES string of the molecule is O=C(CN1CCOc2ccc(Cl)cc21)N1CCC2(CCNC2)CC1. The lowest BCUT2D eigenvalue weighted by atomic mass is 9.78. The van der Waals surface area contributed by atoms with E-state index < -0.39 is 0 Å². The fourth-order valence-electron chi connectivity index (χ4n) is 4.13. The number of likely N-dealkylation sites (tertiary alicyclic amines) is 1. The lowest BCUT2D eigenvalue weighted by Gasteiger charge is -2.40. The molecule has 3 aliphatic rings. The number of amides is 1. The minimum atomic E-state index is 0.212. The highest BCUT2D eigenvalue weighted by Gasteiger charge is 2.38. The van der Waals surface area contributed by atoms with E-state index in [1.807, 2.05) is 23.1 Å². The summed E-state index contributed by atoms with van der Waals surface area (Å²) in [6.45, 7) is 5.74. The van der Waals surface area contributed by atoms with Gasteiger partial charge in [-0.2, -0.15) is 0 Å². The van der Waals surface area contributed by atoms with Crippen LogP contribution in [0.2, 0.25) is 5.02 Å². The molecule has 24 heavy (non-hydrogen) atoms. The highest BCUT2D eigenvalue weighted by atomic mass is 35.5. The summed E-state index contributed by atoms with van der Waals surface area (Å²) in [5.41, 5.74) is 1.37. The van der Waals surface area contributed by atoms with Crippen LogP contribution in [0.3, 0.4) is 0 Å². The van der Waals surface area contributed by atoms with Gasteiger partial charge >= 0.3 is 0 Å². The number of benzene rings is 1. The molecule has 2 fully saturated rings. The summed E-state index contributed by atoms with van der Waals surface area (Å²) in [6.07, 6.45) is 3.50. The van der Waals surface area contributed by atoms with E-state index in [4.69, 9.17) is 16.3 Å². The van der Waals surface area contributed by atoms with Crippen LogP contribution in [0.5, 0.6) is 5.75 Å². The van der Waals surface area contributed by atoms with Gasteiger partial charge in [0.05, 0.1) is 18.8 Å². The molecule has 0 bridgehead atoms. The first kappa shape index (κ1) is 16.0. The number of hydrogen-bond donors (Lipinski definition) is 1. The number of anilines is 1. The van der Waals surface area contributed by atoms with Gasteiger partial charge in [0.25, 0.3) is 0 Å². The standard InChI is InChI=1S/C18H24ClN3O2/c19-14-1-2-16-15(11-14)22(9-10-24-16)12-17(23)21-7-4-18(5-8-21)3-6-20-13-18/h1-2,11,20H,3-10,12-13H2. The quantitative estimate of drug-likeness (QED) is 0.888. The molecule has 1 N–H and O–H groups in total. The molecule has 2 saturated heterocycles. The van der Waals surface area contributed by atoms with Gasteiger partial charge in [0.15, 0.2) is 0 Å². The first-order valence-electron chi connectivity index (χ1n) is 8.81. The Bertz CT molecular complexity index is 621. The van der Waals surface area contributed by atoms with Gasteiger partial charge in [-0.05, 0) is 49.4 Å². The summed E-state index contributed by atoms with van der Waals surface area (Å²) in [6, 6.07) is 5.59. The molecule has 3 heterocycles. The molecule has 0 aliphatic carbocycles. The first-order valence-corrected chi connectivity index (χ1v) is 9.19. The Balaban J connectivity index is 1.40. The summed E-state index contributed by atoms with van der Waals surface area (Å²) in [5.74, 6) is 1.02. The largest absolute Gasteiger partial charge is 0.490 e. The summed E-state index contributed by atoms with van der Waals surface area (Å²) >= 11 is 6.11. The van der Waals surface area contributed by atoms with E-state index in [2.05, 4.69) is 10.2 Å². The number of carbonyl (C=O) groups is 1. The Morgan fingerprint density at radius 3 is 2.83 bits per heavy atom. The van der Waals surface area contributed by atoms with Gasteiger partial charge in [-0.1, -0.05) is 11.6 Å². The van der Waals surface area contributed by atoms with Gasteiger partial charge in [-0.25, -0.2) is 0 Å². The van der Waals surface area contributed by atoms with Crippen LogP contribution in [0.25, 0.3) is 0 Å². The predicted molar refractivity (Wildman–Crippen MR) is 94.9 cm³/mol. The topological polar surface area (TPSA) is 44.8 Å². The van der Waals surface area contributed by atoms with Crippen molar-refractivity contribution in [2.24, 2.45) is 5.41 Å². The van der Waals surface area contributed by atoms with Crippen molar-refractivity contribution < 1.29 is 9.53 Å². The van der Waals surface area contributed by atoms with Gasteiger partial charge in [0, 0.05) is 24.7 Å². The van der Waals surface area contributed by atoms with Gasteiger partial charge in [-0.15, -0.1) is 0 Å². The molecule has 6 heteroatoms.